The lowest BCUT2D eigenvalue weighted by atomic mass is 10.1. The topological polar surface area (TPSA) is 98.5 Å². The predicted molar refractivity (Wildman–Crippen MR) is 85.5 cm³/mol. The van der Waals surface area contributed by atoms with Gasteiger partial charge in [-0.05, 0) is 24.6 Å². The Balaban J connectivity index is 3.06. The van der Waals surface area contributed by atoms with E-state index in [4.69, 9.17) is 17.3 Å². The maximum atomic E-state index is 12.4. The Morgan fingerprint density at radius 3 is 2.64 bits per heavy atom. The lowest BCUT2D eigenvalue weighted by Gasteiger charge is -2.17. The first-order chi connectivity index (χ1) is 10.3. The predicted octanol–water partition coefficient (Wildman–Crippen LogP) is 1.92. The monoisotopic (exact) mass is 348 g/mol. The molecule has 1 unspecified atom stereocenters. The number of hydrogen-bond donors (Lipinski definition) is 2. The van der Waals surface area contributed by atoms with Gasteiger partial charge in [-0.2, -0.15) is 0 Å². The second-order valence-electron chi connectivity index (χ2n) is 4.86. The van der Waals surface area contributed by atoms with Gasteiger partial charge in [-0.15, -0.1) is 0 Å². The van der Waals surface area contributed by atoms with E-state index >= 15 is 0 Å². The molecule has 1 aromatic carbocycles. The summed E-state index contributed by atoms with van der Waals surface area (Å²) in [6.07, 6.45) is 2.46. The van der Waals surface area contributed by atoms with Gasteiger partial charge in [-0.3, -0.25) is 0 Å². The second kappa shape index (κ2) is 8.47. The molecule has 0 aliphatic carbocycles. The quantitative estimate of drug-likeness (QED) is 0.699. The van der Waals surface area contributed by atoms with Crippen LogP contribution in [0.25, 0.3) is 0 Å². The molecule has 0 spiro atoms. The van der Waals surface area contributed by atoms with Gasteiger partial charge in [0.15, 0.2) is 0 Å². The van der Waals surface area contributed by atoms with Crippen LogP contribution in [0.1, 0.15) is 36.5 Å². The average molecular weight is 349 g/mol. The van der Waals surface area contributed by atoms with E-state index in [9.17, 15) is 13.2 Å². The molecular weight excluding hydrogens is 328 g/mol. The smallest absolute Gasteiger partial charge is 0.337 e. The minimum atomic E-state index is -3.81. The molecular formula is C14H21ClN2O4S. The van der Waals surface area contributed by atoms with Gasteiger partial charge in [-0.1, -0.05) is 31.4 Å². The summed E-state index contributed by atoms with van der Waals surface area (Å²) in [6, 6.07) is 3.51. The highest BCUT2D eigenvalue weighted by Gasteiger charge is 2.21. The van der Waals surface area contributed by atoms with Gasteiger partial charge >= 0.3 is 5.97 Å². The number of hydrogen-bond acceptors (Lipinski definition) is 5. The molecule has 0 saturated heterocycles. The molecule has 0 heterocycles. The third kappa shape index (κ3) is 5.24. The van der Waals surface area contributed by atoms with Crippen LogP contribution in [-0.4, -0.2) is 34.1 Å². The van der Waals surface area contributed by atoms with Crippen LogP contribution >= 0.6 is 11.6 Å². The molecule has 3 N–H and O–H groups in total. The summed E-state index contributed by atoms with van der Waals surface area (Å²) < 4.78 is 31.9. The molecule has 1 aromatic rings. The van der Waals surface area contributed by atoms with Gasteiger partial charge in [-0.25, -0.2) is 17.9 Å². The van der Waals surface area contributed by atoms with E-state index in [-0.39, 0.29) is 28.1 Å². The first-order valence-corrected chi connectivity index (χ1v) is 8.81. The number of nitrogens with one attached hydrogen (secondary N) is 1. The van der Waals surface area contributed by atoms with Crippen molar-refractivity contribution in [2.24, 2.45) is 5.73 Å². The first-order valence-electron chi connectivity index (χ1n) is 6.95. The van der Waals surface area contributed by atoms with Crippen molar-refractivity contribution in [2.45, 2.75) is 37.1 Å². The Kier molecular flexibility index (Phi) is 7.28. The zero-order chi connectivity index (χ0) is 16.8. The van der Waals surface area contributed by atoms with E-state index < -0.39 is 16.0 Å². The number of rotatable bonds is 8. The second-order valence-corrected chi connectivity index (χ2v) is 7.01. The van der Waals surface area contributed by atoms with E-state index in [1.807, 2.05) is 6.92 Å². The maximum absolute atomic E-state index is 12.4. The van der Waals surface area contributed by atoms with Crippen LogP contribution in [0.15, 0.2) is 23.1 Å². The number of halogens is 1. The van der Waals surface area contributed by atoms with Crippen LogP contribution in [0.3, 0.4) is 0 Å². The fourth-order valence-corrected chi connectivity index (χ4v) is 3.57. The number of sulfonamides is 1. The summed E-state index contributed by atoms with van der Waals surface area (Å²) >= 11 is 5.89. The highest BCUT2D eigenvalue weighted by molar-refractivity contribution is 7.89. The summed E-state index contributed by atoms with van der Waals surface area (Å²) in [5, 5.41) is 0.140. The summed E-state index contributed by atoms with van der Waals surface area (Å²) in [4.78, 5) is 11.5. The largest absolute Gasteiger partial charge is 0.465 e. The molecule has 0 aromatic heterocycles. The normalized spacial score (nSPS) is 12.9. The highest BCUT2D eigenvalue weighted by atomic mass is 35.5. The van der Waals surface area contributed by atoms with Crippen molar-refractivity contribution < 1.29 is 17.9 Å². The van der Waals surface area contributed by atoms with Crippen molar-refractivity contribution in [1.29, 1.82) is 0 Å². The lowest BCUT2D eigenvalue weighted by Crippen LogP contribution is -2.40. The zero-order valence-electron chi connectivity index (χ0n) is 12.6. The van der Waals surface area contributed by atoms with Gasteiger partial charge in [0, 0.05) is 17.6 Å². The standard InChI is InChI=1S/C14H21ClN2O4S/c1-3-4-5-12(9-16)17-22(19,20)13-7-10(14(18)21-2)6-11(15)8-13/h6-8,12,17H,3-5,9,16H2,1-2H3. The first kappa shape index (κ1) is 18.9. The molecule has 6 nitrogen and oxygen atoms in total. The molecule has 0 fully saturated rings. The fraction of sp³-hybridized carbons (Fsp3) is 0.500. The van der Waals surface area contributed by atoms with Crippen molar-refractivity contribution in [3.05, 3.63) is 28.8 Å². The number of carbonyl (C=O) groups is 1. The fourth-order valence-electron chi connectivity index (χ4n) is 1.92. The molecule has 0 radical (unpaired) electrons. The van der Waals surface area contributed by atoms with Crippen molar-refractivity contribution >= 4 is 27.6 Å². The van der Waals surface area contributed by atoms with Crippen LogP contribution < -0.4 is 10.5 Å². The van der Waals surface area contributed by atoms with Gasteiger partial charge < -0.3 is 10.5 Å². The molecule has 1 atom stereocenters. The van der Waals surface area contributed by atoms with Crippen molar-refractivity contribution in [3.63, 3.8) is 0 Å². The van der Waals surface area contributed by atoms with Gasteiger partial charge in [0.05, 0.1) is 17.6 Å². The maximum Gasteiger partial charge on any atom is 0.337 e. The van der Waals surface area contributed by atoms with Crippen LogP contribution in [0.4, 0.5) is 0 Å². The van der Waals surface area contributed by atoms with Gasteiger partial charge in [0.25, 0.3) is 0 Å². The van der Waals surface area contributed by atoms with Crippen LogP contribution in [-0.2, 0) is 14.8 Å². The van der Waals surface area contributed by atoms with E-state index in [0.717, 1.165) is 12.8 Å². The van der Waals surface area contributed by atoms with Crippen LogP contribution in [0.5, 0.6) is 0 Å². The number of unbranched alkanes of at least 4 members (excludes halogenated alkanes) is 1. The highest BCUT2D eigenvalue weighted by Crippen LogP contribution is 2.20. The van der Waals surface area contributed by atoms with Crippen molar-refractivity contribution in [2.75, 3.05) is 13.7 Å². The number of carbonyl (C=O) groups excluding carboxylic acids is 1. The Labute approximate surface area is 136 Å². The summed E-state index contributed by atoms with van der Waals surface area (Å²) in [6.45, 7) is 2.21. The van der Waals surface area contributed by atoms with E-state index in [0.29, 0.717) is 6.42 Å². The zero-order valence-corrected chi connectivity index (χ0v) is 14.2. The lowest BCUT2D eigenvalue weighted by molar-refractivity contribution is 0.0600. The van der Waals surface area contributed by atoms with Crippen molar-refractivity contribution in [3.8, 4) is 0 Å². The number of ether oxygens (including phenoxy) is 1. The Morgan fingerprint density at radius 1 is 1.41 bits per heavy atom. The summed E-state index contributed by atoms with van der Waals surface area (Å²) in [5.74, 6) is -0.652. The molecule has 124 valence electrons. The molecule has 0 bridgehead atoms. The SMILES string of the molecule is CCCCC(CN)NS(=O)(=O)c1cc(Cl)cc(C(=O)OC)c1. The molecule has 0 amide bonds. The molecule has 22 heavy (non-hydrogen) atoms. The Morgan fingerprint density at radius 2 is 2.09 bits per heavy atom. The number of benzene rings is 1. The third-order valence-electron chi connectivity index (χ3n) is 3.12. The van der Waals surface area contributed by atoms with Crippen molar-refractivity contribution in [1.82, 2.24) is 4.72 Å². The van der Waals surface area contributed by atoms with E-state index in [1.165, 1.54) is 25.3 Å². The third-order valence-corrected chi connectivity index (χ3v) is 4.83. The minimum absolute atomic E-state index is 0.0771. The molecule has 1 rings (SSSR count). The van der Waals surface area contributed by atoms with Crippen LogP contribution in [0.2, 0.25) is 5.02 Å². The average Bonchev–Trinajstić information content (AvgIpc) is 2.49. The van der Waals surface area contributed by atoms with E-state index in [1.54, 1.807) is 0 Å². The summed E-state index contributed by atoms with van der Waals surface area (Å²) in [5.41, 5.74) is 5.68. The molecule has 0 aliphatic heterocycles. The number of esters is 1. The molecule has 0 aliphatic rings. The molecule has 8 heteroatoms. The van der Waals surface area contributed by atoms with Gasteiger partial charge in [0.1, 0.15) is 0 Å². The molecule has 0 saturated carbocycles. The minimum Gasteiger partial charge on any atom is -0.465 e. The number of methoxy groups -OCH3 is 1. The van der Waals surface area contributed by atoms with Crippen LogP contribution in [0, 0.1) is 0 Å². The summed E-state index contributed by atoms with van der Waals surface area (Å²) in [7, 11) is -2.60. The Bertz CT molecular complexity index is 619. The van der Waals surface area contributed by atoms with Gasteiger partial charge in [0.2, 0.25) is 10.0 Å². The number of nitrogens with two attached hydrogens (primary N) is 1. The van der Waals surface area contributed by atoms with E-state index in [2.05, 4.69) is 9.46 Å². The Hall–Kier alpha value is -1.15.